The maximum absolute atomic E-state index is 4.44. The molecule has 0 saturated heterocycles. The zero-order valence-electron chi connectivity index (χ0n) is 11.7. The summed E-state index contributed by atoms with van der Waals surface area (Å²) in [5.41, 5.74) is 3.29. The number of anilines is 1. The molecule has 0 aliphatic heterocycles. The number of fused-ring (bicyclic) bond motifs is 1. The molecule has 1 aromatic heterocycles. The Balaban J connectivity index is 2.28. The Bertz CT molecular complexity index is 750. The first kappa shape index (κ1) is 12.6. The lowest BCUT2D eigenvalue weighted by atomic mass is 10.0. The van der Waals surface area contributed by atoms with Crippen molar-refractivity contribution in [3.8, 4) is 11.3 Å². The Morgan fingerprint density at radius 3 is 2.35 bits per heavy atom. The molecule has 0 radical (unpaired) electrons. The summed E-state index contributed by atoms with van der Waals surface area (Å²) in [5, 5.41) is 14.3. The summed E-state index contributed by atoms with van der Waals surface area (Å²) in [6, 6.07) is 16.5. The lowest BCUT2D eigenvalue weighted by Gasteiger charge is -2.11. The molecule has 0 amide bonds. The number of hydrogen-bond acceptors (Lipinski definition) is 3. The Labute approximate surface area is 118 Å². The third-order valence-electron chi connectivity index (χ3n) is 3.43. The highest BCUT2D eigenvalue weighted by molar-refractivity contribution is 6.00. The summed E-state index contributed by atoms with van der Waals surface area (Å²) >= 11 is 0. The van der Waals surface area contributed by atoms with Gasteiger partial charge in [0.25, 0.3) is 0 Å². The first-order valence-corrected chi connectivity index (χ1v) is 6.86. The molecule has 0 fully saturated rings. The van der Waals surface area contributed by atoms with Gasteiger partial charge in [0.2, 0.25) is 0 Å². The molecule has 0 aliphatic rings. The molecule has 2 aromatic carbocycles. The summed E-state index contributed by atoms with van der Waals surface area (Å²) in [5.74, 6) is 0.848. The van der Waals surface area contributed by atoms with Gasteiger partial charge in [0.05, 0.1) is 0 Å². The van der Waals surface area contributed by atoms with Crippen LogP contribution in [0.3, 0.4) is 0 Å². The van der Waals surface area contributed by atoms with Crippen molar-refractivity contribution in [2.45, 2.75) is 13.8 Å². The van der Waals surface area contributed by atoms with Gasteiger partial charge in [-0.1, -0.05) is 48.5 Å². The molecule has 0 saturated carbocycles. The number of hydrogen-bond donors (Lipinski definition) is 1. The van der Waals surface area contributed by atoms with E-state index in [1.807, 2.05) is 24.3 Å². The van der Waals surface area contributed by atoms with Gasteiger partial charge >= 0.3 is 0 Å². The van der Waals surface area contributed by atoms with Crippen molar-refractivity contribution in [1.82, 2.24) is 10.2 Å². The summed E-state index contributed by atoms with van der Waals surface area (Å²) in [4.78, 5) is 0. The standard InChI is InChI=1S/C17H17N3/c1-3-18-17-15-11-7-6-10-14(15)16(19-20-17)13-9-5-4-8-12(13)2/h4-11H,3H2,1-2H3,(H,18,20). The Morgan fingerprint density at radius 1 is 0.900 bits per heavy atom. The summed E-state index contributed by atoms with van der Waals surface area (Å²) in [6.45, 7) is 5.00. The van der Waals surface area contributed by atoms with Crippen LogP contribution in [0, 0.1) is 6.92 Å². The average Bonchev–Trinajstić information content (AvgIpc) is 2.49. The van der Waals surface area contributed by atoms with Crippen LogP contribution in [0.2, 0.25) is 0 Å². The van der Waals surface area contributed by atoms with Crippen LogP contribution in [-0.4, -0.2) is 16.7 Å². The second kappa shape index (κ2) is 5.29. The zero-order chi connectivity index (χ0) is 13.9. The van der Waals surface area contributed by atoms with Crippen molar-refractivity contribution in [3.05, 3.63) is 54.1 Å². The first-order valence-electron chi connectivity index (χ1n) is 6.86. The number of nitrogens with one attached hydrogen (secondary N) is 1. The lowest BCUT2D eigenvalue weighted by molar-refractivity contribution is 1.03. The number of nitrogens with zero attached hydrogens (tertiary/aromatic N) is 2. The molecule has 3 heteroatoms. The predicted octanol–water partition coefficient (Wildman–Crippen LogP) is 4.04. The van der Waals surface area contributed by atoms with Gasteiger partial charge in [-0.3, -0.25) is 0 Å². The number of aryl methyl sites for hydroxylation is 1. The van der Waals surface area contributed by atoms with E-state index in [1.54, 1.807) is 0 Å². The van der Waals surface area contributed by atoms with Gasteiger partial charge in [-0.05, 0) is 19.4 Å². The van der Waals surface area contributed by atoms with Gasteiger partial charge in [0.1, 0.15) is 5.69 Å². The van der Waals surface area contributed by atoms with Crippen LogP contribution >= 0.6 is 0 Å². The van der Waals surface area contributed by atoms with E-state index in [2.05, 4.69) is 53.6 Å². The smallest absolute Gasteiger partial charge is 0.156 e. The summed E-state index contributed by atoms with van der Waals surface area (Å²) < 4.78 is 0. The summed E-state index contributed by atoms with van der Waals surface area (Å²) in [7, 11) is 0. The van der Waals surface area contributed by atoms with E-state index in [-0.39, 0.29) is 0 Å². The second-order valence-corrected chi connectivity index (χ2v) is 4.79. The Morgan fingerprint density at radius 2 is 1.60 bits per heavy atom. The Kier molecular flexibility index (Phi) is 3.33. The zero-order valence-corrected chi connectivity index (χ0v) is 11.7. The Hall–Kier alpha value is -2.42. The highest BCUT2D eigenvalue weighted by atomic mass is 15.2. The minimum atomic E-state index is 0.836. The van der Waals surface area contributed by atoms with Gasteiger partial charge in [0, 0.05) is 22.9 Å². The molecule has 0 unspecified atom stereocenters. The molecule has 0 spiro atoms. The van der Waals surface area contributed by atoms with Crippen molar-refractivity contribution >= 4 is 16.6 Å². The maximum atomic E-state index is 4.44. The van der Waals surface area contributed by atoms with Crippen LogP contribution in [0.1, 0.15) is 12.5 Å². The molecule has 3 aromatic rings. The summed E-state index contributed by atoms with van der Waals surface area (Å²) in [6.07, 6.45) is 0. The van der Waals surface area contributed by atoms with E-state index in [4.69, 9.17) is 0 Å². The van der Waals surface area contributed by atoms with Crippen LogP contribution in [0.25, 0.3) is 22.0 Å². The average molecular weight is 263 g/mol. The third-order valence-corrected chi connectivity index (χ3v) is 3.43. The van der Waals surface area contributed by atoms with Crippen molar-refractivity contribution in [2.75, 3.05) is 11.9 Å². The number of rotatable bonds is 3. The topological polar surface area (TPSA) is 37.8 Å². The quantitative estimate of drug-likeness (QED) is 0.775. The molecule has 20 heavy (non-hydrogen) atoms. The number of benzene rings is 2. The monoisotopic (exact) mass is 263 g/mol. The molecule has 0 atom stereocenters. The van der Waals surface area contributed by atoms with Crippen molar-refractivity contribution < 1.29 is 0 Å². The van der Waals surface area contributed by atoms with E-state index < -0.39 is 0 Å². The molecule has 0 aliphatic carbocycles. The fraction of sp³-hybridized carbons (Fsp3) is 0.176. The van der Waals surface area contributed by atoms with Crippen LogP contribution in [0.15, 0.2) is 48.5 Å². The molecule has 100 valence electrons. The molecule has 0 bridgehead atoms. The van der Waals surface area contributed by atoms with Crippen LogP contribution in [0.5, 0.6) is 0 Å². The van der Waals surface area contributed by atoms with Crippen LogP contribution in [-0.2, 0) is 0 Å². The molecule has 3 nitrogen and oxygen atoms in total. The molecule has 3 rings (SSSR count). The highest BCUT2D eigenvalue weighted by Crippen LogP contribution is 2.31. The third kappa shape index (κ3) is 2.11. The molecular formula is C17H17N3. The van der Waals surface area contributed by atoms with E-state index in [1.165, 1.54) is 5.56 Å². The predicted molar refractivity (Wildman–Crippen MR) is 83.9 cm³/mol. The van der Waals surface area contributed by atoms with Crippen molar-refractivity contribution in [1.29, 1.82) is 0 Å². The fourth-order valence-electron chi connectivity index (χ4n) is 2.44. The van der Waals surface area contributed by atoms with E-state index in [0.29, 0.717) is 0 Å². The molecule has 1 heterocycles. The van der Waals surface area contributed by atoms with Gasteiger partial charge in [0.15, 0.2) is 5.82 Å². The van der Waals surface area contributed by atoms with Crippen LogP contribution < -0.4 is 5.32 Å². The molecule has 1 N–H and O–H groups in total. The minimum Gasteiger partial charge on any atom is -0.368 e. The van der Waals surface area contributed by atoms with Crippen LogP contribution in [0.4, 0.5) is 5.82 Å². The van der Waals surface area contributed by atoms with E-state index in [0.717, 1.165) is 34.4 Å². The van der Waals surface area contributed by atoms with Gasteiger partial charge in [-0.15, -0.1) is 10.2 Å². The minimum absolute atomic E-state index is 0.836. The second-order valence-electron chi connectivity index (χ2n) is 4.79. The first-order chi connectivity index (χ1) is 9.81. The van der Waals surface area contributed by atoms with Crippen molar-refractivity contribution in [3.63, 3.8) is 0 Å². The maximum Gasteiger partial charge on any atom is 0.156 e. The largest absolute Gasteiger partial charge is 0.368 e. The van der Waals surface area contributed by atoms with Crippen molar-refractivity contribution in [2.24, 2.45) is 0 Å². The molecular weight excluding hydrogens is 246 g/mol. The van der Waals surface area contributed by atoms with E-state index in [9.17, 15) is 0 Å². The van der Waals surface area contributed by atoms with Gasteiger partial charge < -0.3 is 5.32 Å². The highest BCUT2D eigenvalue weighted by Gasteiger charge is 2.11. The fourth-order valence-corrected chi connectivity index (χ4v) is 2.44. The van der Waals surface area contributed by atoms with Gasteiger partial charge in [-0.25, -0.2) is 0 Å². The lowest BCUT2D eigenvalue weighted by Crippen LogP contribution is -2.03. The number of aromatic nitrogens is 2. The van der Waals surface area contributed by atoms with Gasteiger partial charge in [-0.2, -0.15) is 0 Å². The normalized spacial score (nSPS) is 10.7. The SMILES string of the molecule is CCNc1nnc(-c2ccccc2C)c2ccccc12. The van der Waals surface area contributed by atoms with E-state index >= 15 is 0 Å².